The largest absolute Gasteiger partial charge is 0.382 e. The molecule has 17 nitrogen and oxygen atoms in total. The number of aliphatic hydroxyl groups is 3. The smallest absolute Gasteiger partial charge is 0.137 e. The van der Waals surface area contributed by atoms with Crippen molar-refractivity contribution in [1.82, 2.24) is 15.1 Å². The Morgan fingerprint density at radius 2 is 1.47 bits per heavy atom. The number of carbonyl (C=O) groups is 3. The van der Waals surface area contributed by atoms with Gasteiger partial charge in [-0.1, -0.05) is 20.8 Å². The summed E-state index contributed by atoms with van der Waals surface area (Å²) in [6, 6.07) is 10.0. The Balaban J connectivity index is 1.58. The van der Waals surface area contributed by atoms with Gasteiger partial charge >= 0.3 is 144 Å². The SMILES string of the molecule is CC[C@H]1OC(=O)[C@H](C)[C@@H](O[C@H]2C[C@@](C)(OC)[C@@H](O)[C@H](C)O2)[C@H](C)[C@@H](O[C@@H]2O[C@H](C)C[C@H](N(C)C)[C@H]2OC(C)=O)[C@](C)(O)C[C@@H](C)CN(C)[C@H](C)[C@@H](OC(=O)NCCCCCCCCCC[PH](C)(C)c2ccccc2)[C@]1(C)O. The Bertz CT molecular complexity index is 1950. The van der Waals surface area contributed by atoms with Gasteiger partial charge in [0.15, 0.2) is 24.8 Å². The topological polar surface area (TPSA) is 204 Å². The molecule has 1 amide bonds. The van der Waals surface area contributed by atoms with Crippen molar-refractivity contribution in [1.29, 1.82) is 0 Å². The van der Waals surface area contributed by atoms with Crippen LogP contribution in [0.4, 0.5) is 4.79 Å². The summed E-state index contributed by atoms with van der Waals surface area (Å²) >= 11 is 0. The molecule has 3 aliphatic heterocycles. The van der Waals surface area contributed by atoms with Crippen LogP contribution < -0.4 is 10.6 Å². The second-order valence-corrected chi connectivity index (χ2v) is 29.7. The van der Waals surface area contributed by atoms with Crippen molar-refractivity contribution in [2.24, 2.45) is 17.8 Å². The van der Waals surface area contributed by atoms with Crippen LogP contribution in [0.5, 0.6) is 0 Å². The molecule has 3 heterocycles. The molecule has 3 fully saturated rings. The van der Waals surface area contributed by atoms with Gasteiger partial charge in [-0.05, 0) is 94.8 Å². The molecule has 0 radical (unpaired) electrons. The van der Waals surface area contributed by atoms with E-state index in [1.54, 1.807) is 41.5 Å². The van der Waals surface area contributed by atoms with Gasteiger partial charge in [-0.3, -0.25) is 14.5 Å². The number of amides is 1. The molecule has 4 rings (SSSR count). The van der Waals surface area contributed by atoms with E-state index in [-0.39, 0.29) is 37.3 Å². The van der Waals surface area contributed by atoms with E-state index >= 15 is 0 Å². The predicted octanol–water partition coefficient (Wildman–Crippen LogP) is 7.66. The van der Waals surface area contributed by atoms with Crippen LogP contribution in [-0.2, 0) is 47.5 Å². The van der Waals surface area contributed by atoms with E-state index in [9.17, 15) is 29.7 Å². The van der Waals surface area contributed by atoms with Gasteiger partial charge in [0.05, 0.1) is 47.6 Å². The van der Waals surface area contributed by atoms with Crippen LogP contribution in [-0.4, -0.2) is 194 Å². The number of ether oxygens (including phenoxy) is 8. The average Bonchev–Trinajstić information content (AvgIpc) is 3.35. The van der Waals surface area contributed by atoms with Gasteiger partial charge in [0, 0.05) is 39.0 Å². The number of hydrogen-bond acceptors (Lipinski definition) is 16. The molecule has 0 bridgehead atoms. The van der Waals surface area contributed by atoms with Crippen molar-refractivity contribution in [3.8, 4) is 0 Å². The van der Waals surface area contributed by atoms with Gasteiger partial charge in [-0.15, -0.1) is 0 Å². The number of nitrogens with one attached hydrogen (secondary N) is 1. The molecule has 0 saturated carbocycles. The first kappa shape index (κ1) is 67.0. The third-order valence-corrected chi connectivity index (χ3v) is 20.7. The molecular weight excluding hydrogens is 1010 g/mol. The molecule has 3 aliphatic rings. The minimum atomic E-state index is -1.89. The Kier molecular flexibility index (Phi) is 26.1. The average molecular weight is 1110 g/mol. The van der Waals surface area contributed by atoms with E-state index in [1.165, 1.54) is 51.2 Å². The minimum Gasteiger partial charge on any atom is -0.382 e. The number of cyclic esters (lactones) is 1. The molecule has 18 atom stereocenters. The molecule has 0 unspecified atom stereocenters. The number of hydrogen-bond donors (Lipinski definition) is 4. The van der Waals surface area contributed by atoms with E-state index < -0.39 is 115 Å². The fraction of sp³-hybridized carbons (Fsp3) is 0.847. The van der Waals surface area contributed by atoms with Crippen LogP contribution in [0.2, 0.25) is 0 Å². The predicted molar refractivity (Wildman–Crippen MR) is 304 cm³/mol. The molecule has 0 spiro atoms. The van der Waals surface area contributed by atoms with E-state index in [4.69, 9.17) is 37.9 Å². The molecule has 4 N–H and O–H groups in total. The second kappa shape index (κ2) is 30.0. The number of nitrogens with zero attached hydrogens (tertiary/aromatic N) is 2. The number of rotatable bonds is 21. The second-order valence-electron chi connectivity index (χ2n) is 24.9. The zero-order valence-corrected chi connectivity index (χ0v) is 51.4. The van der Waals surface area contributed by atoms with Crippen LogP contribution in [0.3, 0.4) is 0 Å². The molecule has 1 aromatic carbocycles. The standard InChI is InChI=1S/C59H106N3O14P/c1-18-47-59(11,68)53(76-56(66)60-32-28-23-21-19-20-22-24-29-33-77(16,17)45-30-26-25-27-31-45)42(6)62(14)37-38(2)35-57(9,67)52(75-55-50(72-44(8)63)46(61(12)13)34-39(3)70-55)40(4)49(41(5)54(65)73-47)74-48-36-58(10,69-15)51(64)43(7)71-48/h25-27,30-31,38-43,46-53,55,64,67-68,77H,18-24,28-29,32-37H2,1-17H3,(H,60,66)/t38-,39-,40+,41-,42-,43+,46+,47-,48+,49+,50-,51+,52-,53-,55+,57-,58-,59-/m1/s1. The number of likely N-dealkylation sites (N-methyl/N-ethyl adjacent to an activating group) is 2. The normalized spacial score (nSPS) is 37.5. The summed E-state index contributed by atoms with van der Waals surface area (Å²) in [6.07, 6.45) is 0.908. The van der Waals surface area contributed by atoms with Crippen LogP contribution in [0.15, 0.2) is 30.3 Å². The summed E-state index contributed by atoms with van der Waals surface area (Å²) in [4.78, 5) is 45.3. The van der Waals surface area contributed by atoms with Gasteiger partial charge in [0.25, 0.3) is 0 Å². The summed E-state index contributed by atoms with van der Waals surface area (Å²) in [7, 11) is 5.77. The van der Waals surface area contributed by atoms with Crippen molar-refractivity contribution in [3.63, 3.8) is 0 Å². The first-order valence-corrected chi connectivity index (χ1v) is 32.2. The number of aliphatic hydroxyl groups excluding tert-OH is 1. The molecule has 0 aromatic heterocycles. The first-order valence-electron chi connectivity index (χ1n) is 29.0. The Morgan fingerprint density at radius 1 is 0.857 bits per heavy atom. The third kappa shape index (κ3) is 18.7. The summed E-state index contributed by atoms with van der Waals surface area (Å²) in [6.45, 7) is 24.8. The van der Waals surface area contributed by atoms with Crippen LogP contribution >= 0.6 is 7.26 Å². The van der Waals surface area contributed by atoms with Crippen molar-refractivity contribution in [2.45, 2.75) is 244 Å². The number of benzene rings is 1. The Hall–Kier alpha value is -2.54. The van der Waals surface area contributed by atoms with E-state index in [2.05, 4.69) is 49.0 Å². The molecule has 77 heavy (non-hydrogen) atoms. The number of esters is 2. The molecule has 0 aliphatic carbocycles. The van der Waals surface area contributed by atoms with Crippen molar-refractivity contribution in [3.05, 3.63) is 30.3 Å². The van der Waals surface area contributed by atoms with Gasteiger partial charge in [-0.25, -0.2) is 4.79 Å². The zero-order chi connectivity index (χ0) is 57.6. The fourth-order valence-corrected chi connectivity index (χ4v) is 14.9. The Labute approximate surface area is 464 Å². The molecule has 3 saturated heterocycles. The maximum absolute atomic E-state index is 14.9. The van der Waals surface area contributed by atoms with Crippen LogP contribution in [0.25, 0.3) is 0 Å². The van der Waals surface area contributed by atoms with Crippen LogP contribution in [0.1, 0.15) is 153 Å². The maximum atomic E-state index is 14.9. The van der Waals surface area contributed by atoms with Gasteiger partial charge in [0.2, 0.25) is 0 Å². The summed E-state index contributed by atoms with van der Waals surface area (Å²) in [5.74, 6) is -3.39. The number of unbranched alkanes of at least 4 members (excludes halogenated alkanes) is 7. The molecule has 18 heteroatoms. The van der Waals surface area contributed by atoms with Crippen molar-refractivity contribution >= 4 is 30.6 Å². The van der Waals surface area contributed by atoms with Crippen LogP contribution in [0, 0.1) is 17.8 Å². The number of methoxy groups -OCH3 is 1. The molecule has 1 aromatic rings. The Morgan fingerprint density at radius 3 is 2.05 bits per heavy atom. The fourth-order valence-electron chi connectivity index (χ4n) is 12.4. The third-order valence-electron chi connectivity index (χ3n) is 17.2. The minimum absolute atomic E-state index is 0.0921. The van der Waals surface area contributed by atoms with E-state index in [0.717, 1.165) is 25.7 Å². The molecular formula is C59H106N3O14P. The number of alkyl carbamates (subject to hydrolysis) is 1. The van der Waals surface area contributed by atoms with Crippen molar-refractivity contribution < 1.29 is 67.6 Å². The summed E-state index contributed by atoms with van der Waals surface area (Å²) in [5.41, 5.74) is -4.62. The summed E-state index contributed by atoms with van der Waals surface area (Å²) in [5, 5.41) is 41.3. The van der Waals surface area contributed by atoms with Gasteiger partial charge in [-0.2, -0.15) is 0 Å². The number of carbonyl (C=O) groups excluding carboxylic acids is 3. The van der Waals surface area contributed by atoms with E-state index in [0.29, 0.717) is 19.5 Å². The maximum Gasteiger partial charge on any atom is 0.137 e. The summed E-state index contributed by atoms with van der Waals surface area (Å²) < 4.78 is 51.0. The van der Waals surface area contributed by atoms with Crippen molar-refractivity contribution in [2.75, 3.05) is 60.8 Å². The first-order chi connectivity index (χ1) is 36.0. The monoisotopic (exact) mass is 1110 g/mol. The quantitative estimate of drug-likeness (QED) is 0.0404. The zero-order valence-electron chi connectivity index (χ0n) is 50.4. The van der Waals surface area contributed by atoms with Gasteiger partial charge in [0.1, 0.15) is 17.8 Å². The van der Waals surface area contributed by atoms with E-state index in [1.807, 2.05) is 58.6 Å². The van der Waals surface area contributed by atoms with Gasteiger partial charge < -0.3 is 58.1 Å². The molecule has 446 valence electrons.